The fourth-order valence-electron chi connectivity index (χ4n) is 4.78. The summed E-state index contributed by atoms with van der Waals surface area (Å²) >= 11 is 0. The number of aliphatic carboxylic acids is 1. The van der Waals surface area contributed by atoms with Crippen molar-refractivity contribution < 1.29 is 44.2 Å². The van der Waals surface area contributed by atoms with Crippen molar-refractivity contribution in [3.8, 4) is 0 Å². The number of carboxylic acid groups (broad SMARTS) is 1. The normalized spacial score (nSPS) is 29.3. The lowest BCUT2D eigenvalue weighted by Crippen LogP contribution is -2.48. The van der Waals surface area contributed by atoms with Crippen LogP contribution in [0.1, 0.15) is 78.6 Å². The second kappa shape index (κ2) is 14.9. The second-order valence-electron chi connectivity index (χ2n) is 10.2. The van der Waals surface area contributed by atoms with Gasteiger partial charge in [-0.25, -0.2) is 4.79 Å². The fourth-order valence-corrected chi connectivity index (χ4v) is 4.78. The van der Waals surface area contributed by atoms with Gasteiger partial charge in [-0.15, -0.1) is 0 Å². The molecule has 9 heteroatoms. The Morgan fingerprint density at radius 2 is 1.74 bits per heavy atom. The van der Waals surface area contributed by atoms with Crippen molar-refractivity contribution in [3.63, 3.8) is 0 Å². The maximum Gasteiger partial charge on any atom is 0.330 e. The van der Waals surface area contributed by atoms with Crippen molar-refractivity contribution in [1.82, 2.24) is 0 Å². The quantitative estimate of drug-likeness (QED) is 0.152. The van der Waals surface area contributed by atoms with Crippen LogP contribution in [-0.4, -0.2) is 82.2 Å². The van der Waals surface area contributed by atoms with Crippen LogP contribution in [-0.2, 0) is 23.8 Å². The first-order valence-corrected chi connectivity index (χ1v) is 13.0. The number of fused-ring (bicyclic) bond motifs is 1. The molecule has 8 atom stereocenters. The smallest absolute Gasteiger partial charge is 0.330 e. The minimum atomic E-state index is -0.873. The number of aliphatic hydroxyl groups is 3. The van der Waals surface area contributed by atoms with Crippen molar-refractivity contribution in [2.45, 2.75) is 115 Å². The van der Waals surface area contributed by atoms with Gasteiger partial charge in [-0.2, -0.15) is 0 Å². The van der Waals surface area contributed by atoms with E-state index in [4.69, 9.17) is 19.3 Å². The zero-order chi connectivity index (χ0) is 26.0. The maximum atomic E-state index is 12.1. The number of carboxylic acids is 1. The molecule has 0 aromatic heterocycles. The van der Waals surface area contributed by atoms with E-state index in [-0.39, 0.29) is 18.3 Å². The van der Waals surface area contributed by atoms with E-state index in [1.165, 1.54) is 6.08 Å². The van der Waals surface area contributed by atoms with Crippen molar-refractivity contribution in [1.29, 1.82) is 0 Å². The van der Waals surface area contributed by atoms with Gasteiger partial charge in [0.05, 0.1) is 43.7 Å². The van der Waals surface area contributed by atoms with Gasteiger partial charge in [0.15, 0.2) is 0 Å². The summed E-state index contributed by atoms with van der Waals surface area (Å²) in [4.78, 5) is 22.6. The summed E-state index contributed by atoms with van der Waals surface area (Å²) in [5.41, 5.74) is 0.744. The maximum absolute atomic E-state index is 12.1. The van der Waals surface area contributed by atoms with Crippen molar-refractivity contribution in [2.24, 2.45) is 11.8 Å². The minimum absolute atomic E-state index is 0.0199. The van der Waals surface area contributed by atoms with Gasteiger partial charge in [0.2, 0.25) is 0 Å². The molecule has 202 valence electrons. The molecule has 2 fully saturated rings. The van der Waals surface area contributed by atoms with Gasteiger partial charge < -0.3 is 34.6 Å². The molecule has 0 radical (unpaired) electrons. The SMILES string of the molecule is C/C(=C\C(=O)OCCCCCCCCC(=O)O)C[C@@H]1OC[C@@H]2C[C@@H]([C@@H](O)[C@@H](C)[C@H](C)O)O[C@H]2[C@H]1O. The fraction of sp³-hybridized carbons (Fsp3) is 0.846. The molecule has 0 bridgehead atoms. The van der Waals surface area contributed by atoms with E-state index >= 15 is 0 Å². The largest absolute Gasteiger partial charge is 0.481 e. The Bertz CT molecular complexity index is 692. The molecule has 0 spiro atoms. The Balaban J connectivity index is 1.68. The third-order valence-corrected chi connectivity index (χ3v) is 7.17. The third-order valence-electron chi connectivity index (χ3n) is 7.17. The number of rotatable bonds is 15. The number of hydrogen-bond acceptors (Lipinski definition) is 8. The predicted molar refractivity (Wildman–Crippen MR) is 129 cm³/mol. The standard InChI is InChI=1S/C26H44O9/c1-16(13-23(30)33-11-9-7-5-4-6-8-10-22(28)29)12-20-25(32)26-19(15-34-20)14-21(35-26)24(31)17(2)18(3)27/h13,17-21,24-27,31-32H,4-12,14-15H2,1-3H3,(H,28,29)/b16-13+/t17-,18-,19-,20-,21-,24-,25-,26+/m0/s1. The molecule has 9 nitrogen and oxygen atoms in total. The lowest BCUT2D eigenvalue weighted by Gasteiger charge is -2.36. The molecule has 35 heavy (non-hydrogen) atoms. The van der Waals surface area contributed by atoms with Crippen LogP contribution in [0.15, 0.2) is 11.6 Å². The van der Waals surface area contributed by atoms with Crippen LogP contribution in [0.4, 0.5) is 0 Å². The summed E-state index contributed by atoms with van der Waals surface area (Å²) in [5.74, 6) is -1.53. The first-order chi connectivity index (χ1) is 16.6. The predicted octanol–water partition coefficient (Wildman–Crippen LogP) is 2.59. The first kappa shape index (κ1) is 29.7. The number of esters is 1. The topological polar surface area (TPSA) is 143 Å². The van der Waals surface area contributed by atoms with E-state index in [2.05, 4.69) is 0 Å². The Hall–Kier alpha value is -1.52. The summed E-state index contributed by atoms with van der Waals surface area (Å²) in [6.07, 6.45) is 4.09. The van der Waals surface area contributed by atoms with Gasteiger partial charge in [-0.3, -0.25) is 4.79 Å². The van der Waals surface area contributed by atoms with Crippen LogP contribution in [0.25, 0.3) is 0 Å². The molecular formula is C26H44O9. The molecule has 0 aliphatic carbocycles. The molecule has 2 rings (SSSR count). The van der Waals surface area contributed by atoms with Crippen LogP contribution in [0.2, 0.25) is 0 Å². The Labute approximate surface area is 208 Å². The molecule has 2 aliphatic rings. The molecule has 2 heterocycles. The van der Waals surface area contributed by atoms with E-state index in [0.29, 0.717) is 32.5 Å². The molecule has 2 saturated heterocycles. The Kier molecular flexibility index (Phi) is 12.6. The van der Waals surface area contributed by atoms with Crippen LogP contribution >= 0.6 is 0 Å². The monoisotopic (exact) mass is 500 g/mol. The highest BCUT2D eigenvalue weighted by Gasteiger charge is 2.48. The summed E-state index contributed by atoms with van der Waals surface area (Å²) in [7, 11) is 0. The number of carbonyl (C=O) groups excluding carboxylic acids is 1. The number of ether oxygens (including phenoxy) is 3. The number of hydrogen-bond donors (Lipinski definition) is 4. The summed E-state index contributed by atoms with van der Waals surface area (Å²) < 4.78 is 17.1. The van der Waals surface area contributed by atoms with E-state index in [1.54, 1.807) is 20.8 Å². The van der Waals surface area contributed by atoms with E-state index in [9.17, 15) is 24.9 Å². The first-order valence-electron chi connectivity index (χ1n) is 13.0. The van der Waals surface area contributed by atoms with Crippen LogP contribution in [0, 0.1) is 11.8 Å². The van der Waals surface area contributed by atoms with Crippen LogP contribution in [0.5, 0.6) is 0 Å². The Morgan fingerprint density at radius 3 is 2.40 bits per heavy atom. The third kappa shape index (κ3) is 9.80. The van der Waals surface area contributed by atoms with Gasteiger partial charge in [-0.1, -0.05) is 38.2 Å². The van der Waals surface area contributed by atoms with Gasteiger partial charge in [-0.05, 0) is 39.5 Å². The lowest BCUT2D eigenvalue weighted by atomic mass is 9.87. The number of unbranched alkanes of at least 4 members (excludes halogenated alkanes) is 5. The summed E-state index contributed by atoms with van der Waals surface area (Å²) in [6, 6.07) is 0. The van der Waals surface area contributed by atoms with Crippen LogP contribution < -0.4 is 0 Å². The van der Waals surface area contributed by atoms with Crippen molar-refractivity contribution in [2.75, 3.05) is 13.2 Å². The van der Waals surface area contributed by atoms with Gasteiger partial charge in [0.1, 0.15) is 6.10 Å². The van der Waals surface area contributed by atoms with Crippen molar-refractivity contribution >= 4 is 11.9 Å². The second-order valence-corrected chi connectivity index (χ2v) is 10.2. The van der Waals surface area contributed by atoms with Crippen molar-refractivity contribution in [3.05, 3.63) is 11.6 Å². The lowest BCUT2D eigenvalue weighted by molar-refractivity contribution is -0.170. The summed E-state index contributed by atoms with van der Waals surface area (Å²) in [5, 5.41) is 39.7. The molecule has 0 saturated carbocycles. The Morgan fingerprint density at radius 1 is 1.09 bits per heavy atom. The highest BCUT2D eigenvalue weighted by atomic mass is 16.6. The molecule has 4 N–H and O–H groups in total. The number of carbonyl (C=O) groups is 2. The molecule has 0 unspecified atom stereocenters. The zero-order valence-electron chi connectivity index (χ0n) is 21.3. The zero-order valence-corrected chi connectivity index (χ0v) is 21.3. The molecule has 0 aromatic rings. The van der Waals surface area contributed by atoms with E-state index in [0.717, 1.165) is 37.7 Å². The van der Waals surface area contributed by atoms with Gasteiger partial charge in [0, 0.05) is 24.3 Å². The summed E-state index contributed by atoms with van der Waals surface area (Å²) in [6.45, 7) is 5.96. The minimum Gasteiger partial charge on any atom is -0.481 e. The average Bonchev–Trinajstić information content (AvgIpc) is 3.23. The highest BCUT2D eigenvalue weighted by Crippen LogP contribution is 2.38. The number of aliphatic hydroxyl groups excluding tert-OH is 3. The molecule has 2 aliphatic heterocycles. The van der Waals surface area contributed by atoms with Gasteiger partial charge in [0.25, 0.3) is 0 Å². The molecule has 0 amide bonds. The molecular weight excluding hydrogens is 456 g/mol. The highest BCUT2D eigenvalue weighted by molar-refractivity contribution is 5.82. The average molecular weight is 501 g/mol. The van der Waals surface area contributed by atoms with Gasteiger partial charge >= 0.3 is 11.9 Å². The molecule has 0 aromatic carbocycles. The van der Waals surface area contributed by atoms with Crippen LogP contribution in [0.3, 0.4) is 0 Å². The van der Waals surface area contributed by atoms with E-state index in [1.807, 2.05) is 0 Å². The van der Waals surface area contributed by atoms with E-state index < -0.39 is 48.6 Å².